The number of rotatable bonds is 5. The lowest BCUT2D eigenvalue weighted by molar-refractivity contribution is 0.174. The lowest BCUT2D eigenvalue weighted by Crippen LogP contribution is -2.04. The fourth-order valence-electron chi connectivity index (χ4n) is 2.93. The Kier molecular flexibility index (Phi) is 3.58. The Balaban J connectivity index is 1.42. The second-order valence-corrected chi connectivity index (χ2v) is 5.29. The lowest BCUT2D eigenvalue weighted by Gasteiger charge is -2.10. The highest BCUT2D eigenvalue weighted by Crippen LogP contribution is 2.34. The Hall–Kier alpha value is -1.38. The van der Waals surface area contributed by atoms with Crippen LogP contribution in [0.4, 0.5) is 5.69 Å². The van der Waals surface area contributed by atoms with Gasteiger partial charge in [-0.2, -0.15) is 0 Å². The number of anilines is 1. The molecule has 18 heavy (non-hydrogen) atoms. The van der Waals surface area contributed by atoms with Crippen LogP contribution in [0.5, 0.6) is 11.5 Å². The van der Waals surface area contributed by atoms with Crippen molar-refractivity contribution in [3.8, 4) is 11.5 Å². The molecular weight excluding hydrogens is 226 g/mol. The van der Waals surface area contributed by atoms with Crippen molar-refractivity contribution in [1.82, 2.24) is 0 Å². The zero-order chi connectivity index (χ0) is 12.2. The molecule has 3 nitrogen and oxygen atoms in total. The van der Waals surface area contributed by atoms with Crippen molar-refractivity contribution >= 4 is 5.69 Å². The Bertz CT molecular complexity index is 399. The minimum absolute atomic E-state index is 0.348. The second kappa shape index (κ2) is 5.51. The minimum atomic E-state index is 0.348. The first-order valence-electron chi connectivity index (χ1n) is 7.05. The molecule has 3 rings (SSSR count). The van der Waals surface area contributed by atoms with Crippen LogP contribution in [0.3, 0.4) is 0 Å². The molecule has 0 bridgehead atoms. The van der Waals surface area contributed by atoms with Gasteiger partial charge in [-0.05, 0) is 30.9 Å². The van der Waals surface area contributed by atoms with Crippen LogP contribution in [0, 0.1) is 5.92 Å². The predicted molar refractivity (Wildman–Crippen MR) is 72.2 cm³/mol. The highest BCUT2D eigenvalue weighted by atomic mass is 16.7. The molecular formula is C15H21NO2. The molecule has 1 aliphatic heterocycles. The highest BCUT2D eigenvalue weighted by Gasteiger charge is 2.15. The fraction of sp³-hybridized carbons (Fsp3) is 0.600. The van der Waals surface area contributed by atoms with E-state index in [1.807, 2.05) is 12.1 Å². The van der Waals surface area contributed by atoms with Gasteiger partial charge in [0.15, 0.2) is 11.5 Å². The summed E-state index contributed by atoms with van der Waals surface area (Å²) >= 11 is 0. The molecule has 98 valence electrons. The highest BCUT2D eigenvalue weighted by molar-refractivity contribution is 5.55. The van der Waals surface area contributed by atoms with Crippen LogP contribution < -0.4 is 14.8 Å². The average molecular weight is 247 g/mol. The summed E-state index contributed by atoms with van der Waals surface area (Å²) in [6.45, 7) is 1.40. The molecule has 1 saturated carbocycles. The minimum Gasteiger partial charge on any atom is -0.454 e. The van der Waals surface area contributed by atoms with Gasteiger partial charge in [-0.15, -0.1) is 0 Å². The molecule has 1 aromatic carbocycles. The number of fused-ring (bicyclic) bond motifs is 1. The van der Waals surface area contributed by atoms with Crippen molar-refractivity contribution in [3.63, 3.8) is 0 Å². The van der Waals surface area contributed by atoms with Gasteiger partial charge in [0.25, 0.3) is 0 Å². The Morgan fingerprint density at radius 1 is 1.11 bits per heavy atom. The van der Waals surface area contributed by atoms with Gasteiger partial charge in [-0.3, -0.25) is 0 Å². The number of hydrogen-bond acceptors (Lipinski definition) is 3. The smallest absolute Gasteiger partial charge is 0.231 e. The maximum atomic E-state index is 5.36. The standard InChI is InChI=1S/C15H21NO2/c1-2-5-12(4-1)6-3-9-16-13-7-8-14-15(10-13)18-11-17-14/h7-8,10,12,16H,1-6,9,11H2. The Morgan fingerprint density at radius 3 is 2.83 bits per heavy atom. The molecule has 0 unspecified atom stereocenters. The third-order valence-corrected chi connectivity index (χ3v) is 3.97. The summed E-state index contributed by atoms with van der Waals surface area (Å²) in [5, 5.41) is 3.46. The normalized spacial score (nSPS) is 18.2. The first-order chi connectivity index (χ1) is 8.92. The van der Waals surface area contributed by atoms with Crippen LogP contribution in [-0.4, -0.2) is 13.3 Å². The van der Waals surface area contributed by atoms with E-state index in [1.165, 1.54) is 38.5 Å². The summed E-state index contributed by atoms with van der Waals surface area (Å²) in [4.78, 5) is 0. The molecule has 0 spiro atoms. The van der Waals surface area contributed by atoms with Crippen LogP contribution >= 0.6 is 0 Å². The summed E-state index contributed by atoms with van der Waals surface area (Å²) in [7, 11) is 0. The van der Waals surface area contributed by atoms with Gasteiger partial charge < -0.3 is 14.8 Å². The molecule has 2 aliphatic rings. The van der Waals surface area contributed by atoms with Crippen molar-refractivity contribution in [1.29, 1.82) is 0 Å². The van der Waals surface area contributed by atoms with E-state index < -0.39 is 0 Å². The first-order valence-corrected chi connectivity index (χ1v) is 7.05. The number of benzene rings is 1. The molecule has 1 aliphatic carbocycles. The van der Waals surface area contributed by atoms with E-state index in [2.05, 4.69) is 11.4 Å². The monoisotopic (exact) mass is 247 g/mol. The summed E-state index contributed by atoms with van der Waals surface area (Å²) in [6, 6.07) is 6.06. The molecule has 0 amide bonds. The maximum Gasteiger partial charge on any atom is 0.231 e. The van der Waals surface area contributed by atoms with Gasteiger partial charge in [-0.1, -0.05) is 25.7 Å². The second-order valence-electron chi connectivity index (χ2n) is 5.29. The van der Waals surface area contributed by atoms with Gasteiger partial charge in [0.05, 0.1) is 0 Å². The lowest BCUT2D eigenvalue weighted by atomic mass is 10.0. The Morgan fingerprint density at radius 2 is 1.94 bits per heavy atom. The summed E-state index contributed by atoms with van der Waals surface area (Å²) in [5.74, 6) is 2.70. The van der Waals surface area contributed by atoms with Crippen LogP contribution in [0.2, 0.25) is 0 Å². The maximum absolute atomic E-state index is 5.36. The van der Waals surface area contributed by atoms with Gasteiger partial charge in [0.1, 0.15) is 0 Å². The third kappa shape index (κ3) is 2.71. The van der Waals surface area contributed by atoms with Crippen LogP contribution in [0.25, 0.3) is 0 Å². The van der Waals surface area contributed by atoms with Crippen LogP contribution in [0.15, 0.2) is 18.2 Å². The van der Waals surface area contributed by atoms with Crippen molar-refractivity contribution in [3.05, 3.63) is 18.2 Å². The van der Waals surface area contributed by atoms with E-state index in [0.717, 1.165) is 29.6 Å². The quantitative estimate of drug-likeness (QED) is 0.803. The van der Waals surface area contributed by atoms with E-state index in [4.69, 9.17) is 9.47 Å². The topological polar surface area (TPSA) is 30.5 Å². The molecule has 1 heterocycles. The van der Waals surface area contributed by atoms with Gasteiger partial charge >= 0.3 is 0 Å². The number of hydrogen-bond donors (Lipinski definition) is 1. The predicted octanol–water partition coefficient (Wildman–Crippen LogP) is 3.80. The first kappa shape index (κ1) is 11.7. The summed E-state index contributed by atoms with van der Waals surface area (Å²) in [6.07, 6.45) is 8.42. The molecule has 1 N–H and O–H groups in total. The number of ether oxygens (including phenoxy) is 2. The molecule has 0 aromatic heterocycles. The molecule has 0 saturated heterocycles. The van der Waals surface area contributed by atoms with Crippen molar-refractivity contribution in [2.45, 2.75) is 38.5 Å². The van der Waals surface area contributed by atoms with Crippen LogP contribution in [0.1, 0.15) is 38.5 Å². The third-order valence-electron chi connectivity index (χ3n) is 3.97. The van der Waals surface area contributed by atoms with Crippen molar-refractivity contribution in [2.75, 3.05) is 18.7 Å². The SMILES string of the molecule is c1cc2c(cc1NCCCC1CCCC1)OCO2. The van der Waals surface area contributed by atoms with E-state index in [1.54, 1.807) is 0 Å². The zero-order valence-electron chi connectivity index (χ0n) is 10.8. The fourth-order valence-corrected chi connectivity index (χ4v) is 2.93. The van der Waals surface area contributed by atoms with Crippen molar-refractivity contribution in [2.24, 2.45) is 5.92 Å². The molecule has 3 heteroatoms. The largest absolute Gasteiger partial charge is 0.454 e. The van der Waals surface area contributed by atoms with Gasteiger partial charge in [0.2, 0.25) is 6.79 Å². The van der Waals surface area contributed by atoms with Crippen molar-refractivity contribution < 1.29 is 9.47 Å². The van der Waals surface area contributed by atoms with Crippen LogP contribution in [-0.2, 0) is 0 Å². The molecule has 0 atom stereocenters. The van der Waals surface area contributed by atoms with E-state index in [-0.39, 0.29) is 0 Å². The molecule has 0 radical (unpaired) electrons. The zero-order valence-corrected chi connectivity index (χ0v) is 10.8. The van der Waals surface area contributed by atoms with E-state index in [0.29, 0.717) is 6.79 Å². The molecule has 1 aromatic rings. The summed E-state index contributed by atoms with van der Waals surface area (Å²) < 4.78 is 10.7. The van der Waals surface area contributed by atoms with Gasteiger partial charge in [-0.25, -0.2) is 0 Å². The number of nitrogens with one attached hydrogen (secondary N) is 1. The Labute approximate surface area is 108 Å². The van der Waals surface area contributed by atoms with Gasteiger partial charge in [0, 0.05) is 18.3 Å². The van der Waals surface area contributed by atoms with E-state index >= 15 is 0 Å². The summed E-state index contributed by atoms with van der Waals surface area (Å²) in [5.41, 5.74) is 1.13. The average Bonchev–Trinajstić information content (AvgIpc) is 3.05. The van der Waals surface area contributed by atoms with E-state index in [9.17, 15) is 0 Å². The molecule has 1 fully saturated rings.